The summed E-state index contributed by atoms with van der Waals surface area (Å²) in [5, 5.41) is 12.1. The van der Waals surface area contributed by atoms with Crippen LogP contribution in [0, 0.1) is 0 Å². The standard InChI is InChI=1S/C19H17N7OS/c1-26-11-15(10-23-26)14-6-13(7-20-9-14)8-22-18(27)25-19-24-17(12-28-19)16-4-2-3-5-21-16/h2-7,9-12H,8H2,1H3,(H2,22,24,25,27). The lowest BCUT2D eigenvalue weighted by Gasteiger charge is -2.06. The quantitative estimate of drug-likeness (QED) is 0.544. The number of aryl methyl sites for hydroxylation is 1. The summed E-state index contributed by atoms with van der Waals surface area (Å²) in [6, 6.07) is 7.28. The van der Waals surface area contributed by atoms with Gasteiger partial charge in [0.15, 0.2) is 5.13 Å². The Labute approximate surface area is 165 Å². The summed E-state index contributed by atoms with van der Waals surface area (Å²) in [6.45, 7) is 0.353. The van der Waals surface area contributed by atoms with Gasteiger partial charge in [-0.1, -0.05) is 6.07 Å². The second-order valence-electron chi connectivity index (χ2n) is 6.05. The Morgan fingerprint density at radius 2 is 2.11 bits per heavy atom. The normalized spacial score (nSPS) is 10.6. The van der Waals surface area contributed by atoms with E-state index in [0.29, 0.717) is 11.7 Å². The summed E-state index contributed by atoms with van der Waals surface area (Å²) >= 11 is 1.35. The van der Waals surface area contributed by atoms with Crippen molar-refractivity contribution in [2.45, 2.75) is 6.54 Å². The third kappa shape index (κ3) is 4.21. The molecule has 0 saturated heterocycles. The van der Waals surface area contributed by atoms with Gasteiger partial charge in [0.2, 0.25) is 0 Å². The van der Waals surface area contributed by atoms with E-state index in [1.807, 2.05) is 42.9 Å². The molecule has 140 valence electrons. The van der Waals surface area contributed by atoms with Crippen molar-refractivity contribution < 1.29 is 4.79 Å². The highest BCUT2D eigenvalue weighted by atomic mass is 32.1. The SMILES string of the molecule is Cn1cc(-c2cncc(CNC(=O)Nc3nc(-c4ccccn4)cs3)c2)cn1. The molecule has 4 rings (SSSR count). The minimum absolute atomic E-state index is 0.325. The molecular formula is C19H17N7OS. The minimum atomic E-state index is -0.325. The molecule has 0 aliphatic rings. The van der Waals surface area contributed by atoms with Crippen molar-refractivity contribution in [1.82, 2.24) is 30.0 Å². The monoisotopic (exact) mass is 391 g/mol. The van der Waals surface area contributed by atoms with Gasteiger partial charge in [0.1, 0.15) is 5.69 Å². The first-order chi connectivity index (χ1) is 13.7. The number of nitrogens with zero attached hydrogens (tertiary/aromatic N) is 5. The molecule has 4 aromatic rings. The van der Waals surface area contributed by atoms with Crippen molar-refractivity contribution in [1.29, 1.82) is 0 Å². The molecule has 0 fully saturated rings. The molecule has 0 saturated carbocycles. The first kappa shape index (κ1) is 17.8. The molecule has 8 nitrogen and oxygen atoms in total. The smallest absolute Gasteiger partial charge is 0.321 e. The molecule has 9 heteroatoms. The van der Waals surface area contributed by atoms with Crippen LogP contribution in [0.2, 0.25) is 0 Å². The van der Waals surface area contributed by atoms with E-state index in [-0.39, 0.29) is 6.03 Å². The van der Waals surface area contributed by atoms with Gasteiger partial charge < -0.3 is 5.32 Å². The van der Waals surface area contributed by atoms with Gasteiger partial charge in [-0.25, -0.2) is 9.78 Å². The molecular weight excluding hydrogens is 374 g/mol. The van der Waals surface area contributed by atoms with Crippen molar-refractivity contribution in [2.24, 2.45) is 7.05 Å². The van der Waals surface area contributed by atoms with Crippen molar-refractivity contribution in [3.05, 3.63) is 66.2 Å². The van der Waals surface area contributed by atoms with Crippen molar-refractivity contribution in [3.8, 4) is 22.5 Å². The summed E-state index contributed by atoms with van der Waals surface area (Å²) in [7, 11) is 1.87. The predicted octanol–water partition coefficient (Wildman–Crippen LogP) is 3.32. The third-order valence-corrected chi connectivity index (χ3v) is 4.70. The van der Waals surface area contributed by atoms with E-state index in [1.165, 1.54) is 11.3 Å². The lowest BCUT2D eigenvalue weighted by Crippen LogP contribution is -2.28. The Morgan fingerprint density at radius 1 is 1.18 bits per heavy atom. The Balaban J connectivity index is 1.36. The highest BCUT2D eigenvalue weighted by Gasteiger charge is 2.09. The van der Waals surface area contributed by atoms with Crippen molar-refractivity contribution in [3.63, 3.8) is 0 Å². The second-order valence-corrected chi connectivity index (χ2v) is 6.90. The highest BCUT2D eigenvalue weighted by molar-refractivity contribution is 7.14. The van der Waals surface area contributed by atoms with Gasteiger partial charge in [0.05, 0.1) is 11.9 Å². The highest BCUT2D eigenvalue weighted by Crippen LogP contribution is 2.23. The van der Waals surface area contributed by atoms with Gasteiger partial charge >= 0.3 is 6.03 Å². The number of carbonyl (C=O) groups excluding carboxylic acids is 1. The van der Waals surface area contributed by atoms with Crippen LogP contribution in [0.5, 0.6) is 0 Å². The van der Waals surface area contributed by atoms with Crippen LogP contribution in [0.4, 0.5) is 9.93 Å². The van der Waals surface area contributed by atoms with Crippen molar-refractivity contribution >= 4 is 22.5 Å². The van der Waals surface area contributed by atoms with Gasteiger partial charge in [-0.3, -0.25) is 20.0 Å². The fourth-order valence-electron chi connectivity index (χ4n) is 2.60. The zero-order valence-corrected chi connectivity index (χ0v) is 15.8. The molecule has 4 aromatic heterocycles. The summed E-state index contributed by atoms with van der Waals surface area (Å²) in [5.74, 6) is 0. The van der Waals surface area contributed by atoms with Crippen LogP contribution in [-0.2, 0) is 13.6 Å². The average molecular weight is 391 g/mol. The maximum atomic E-state index is 12.2. The number of pyridine rings is 2. The van der Waals surface area contributed by atoms with Crippen LogP contribution in [0.3, 0.4) is 0 Å². The van der Waals surface area contributed by atoms with Crippen LogP contribution in [-0.4, -0.2) is 30.8 Å². The van der Waals surface area contributed by atoms with E-state index in [0.717, 1.165) is 28.1 Å². The first-order valence-corrected chi connectivity index (χ1v) is 9.40. The number of urea groups is 1. The van der Waals surface area contributed by atoms with Crippen molar-refractivity contribution in [2.75, 3.05) is 5.32 Å². The summed E-state index contributed by atoms with van der Waals surface area (Å²) < 4.78 is 1.74. The summed E-state index contributed by atoms with van der Waals surface area (Å²) in [6.07, 6.45) is 8.91. The molecule has 2 amide bonds. The van der Waals surface area contributed by atoms with Crippen LogP contribution in [0.1, 0.15) is 5.56 Å². The Bertz CT molecular complexity index is 1090. The van der Waals surface area contributed by atoms with Crippen LogP contribution in [0.25, 0.3) is 22.5 Å². The first-order valence-electron chi connectivity index (χ1n) is 8.52. The number of hydrogen-bond acceptors (Lipinski definition) is 6. The van der Waals surface area contributed by atoms with Crippen LogP contribution >= 0.6 is 11.3 Å². The molecule has 0 aromatic carbocycles. The van der Waals surface area contributed by atoms with Crippen LogP contribution < -0.4 is 10.6 Å². The molecule has 4 heterocycles. The molecule has 0 aliphatic heterocycles. The Hall–Kier alpha value is -3.59. The van der Waals surface area contributed by atoms with Gasteiger partial charge in [-0.15, -0.1) is 11.3 Å². The minimum Gasteiger partial charge on any atom is -0.334 e. The molecule has 0 spiro atoms. The molecule has 0 atom stereocenters. The van der Waals surface area contributed by atoms with Gasteiger partial charge in [0.25, 0.3) is 0 Å². The molecule has 28 heavy (non-hydrogen) atoms. The number of aromatic nitrogens is 5. The fraction of sp³-hybridized carbons (Fsp3) is 0.105. The number of carbonyl (C=O) groups is 1. The lowest BCUT2D eigenvalue weighted by atomic mass is 10.1. The van der Waals surface area contributed by atoms with Crippen LogP contribution in [0.15, 0.2) is 60.6 Å². The van der Waals surface area contributed by atoms with Gasteiger partial charge in [-0.2, -0.15) is 5.10 Å². The van der Waals surface area contributed by atoms with Gasteiger partial charge in [0, 0.05) is 54.9 Å². The molecule has 0 bridgehead atoms. The molecule has 2 N–H and O–H groups in total. The Morgan fingerprint density at radius 3 is 2.89 bits per heavy atom. The lowest BCUT2D eigenvalue weighted by molar-refractivity contribution is 0.251. The molecule has 0 radical (unpaired) electrons. The number of anilines is 1. The molecule has 0 unspecified atom stereocenters. The summed E-state index contributed by atoms with van der Waals surface area (Å²) in [4.78, 5) is 25.1. The number of amides is 2. The van der Waals surface area contributed by atoms with E-state index in [1.54, 1.807) is 29.5 Å². The number of nitrogens with one attached hydrogen (secondary N) is 2. The van der Waals surface area contributed by atoms with E-state index in [2.05, 4.69) is 30.7 Å². The van der Waals surface area contributed by atoms with E-state index >= 15 is 0 Å². The summed E-state index contributed by atoms with van der Waals surface area (Å²) in [5.41, 5.74) is 4.32. The predicted molar refractivity (Wildman–Crippen MR) is 108 cm³/mol. The largest absolute Gasteiger partial charge is 0.334 e. The third-order valence-electron chi connectivity index (χ3n) is 3.94. The van der Waals surface area contributed by atoms with E-state index in [4.69, 9.17) is 0 Å². The Kier molecular flexibility index (Phi) is 5.07. The average Bonchev–Trinajstić information content (AvgIpc) is 3.36. The number of rotatable bonds is 5. The maximum Gasteiger partial charge on any atom is 0.321 e. The fourth-order valence-corrected chi connectivity index (χ4v) is 3.30. The zero-order chi connectivity index (χ0) is 19.3. The number of hydrogen-bond donors (Lipinski definition) is 2. The maximum absolute atomic E-state index is 12.2. The second kappa shape index (κ2) is 7.97. The topological polar surface area (TPSA) is 97.6 Å². The van der Waals surface area contributed by atoms with E-state index in [9.17, 15) is 4.79 Å². The van der Waals surface area contributed by atoms with E-state index < -0.39 is 0 Å². The zero-order valence-electron chi connectivity index (χ0n) is 15.0. The molecule has 0 aliphatic carbocycles. The van der Waals surface area contributed by atoms with Gasteiger partial charge in [-0.05, 0) is 23.8 Å². The number of thiazole rings is 1.